The van der Waals surface area contributed by atoms with Crippen molar-refractivity contribution in [2.24, 2.45) is 0 Å². The van der Waals surface area contributed by atoms with E-state index in [1.165, 1.54) is 0 Å². The third-order valence-electron chi connectivity index (χ3n) is 5.30. The summed E-state index contributed by atoms with van der Waals surface area (Å²) in [5.74, 6) is -0.637. The maximum absolute atomic E-state index is 12.8. The van der Waals surface area contributed by atoms with Crippen LogP contribution in [0.15, 0.2) is 42.5 Å². The Balaban J connectivity index is 1.61. The minimum Gasteiger partial charge on any atom is -0.480 e. The molecule has 0 spiro atoms. The summed E-state index contributed by atoms with van der Waals surface area (Å²) in [6.07, 6.45) is 2.09. The molecular weight excluding hydrogens is 328 g/mol. The first kappa shape index (κ1) is 18.4. The Hall–Kier alpha value is -2.40. The molecule has 1 saturated heterocycles. The number of carbonyl (C=O) groups is 2. The van der Waals surface area contributed by atoms with Crippen LogP contribution in [0.1, 0.15) is 25.3 Å². The van der Waals surface area contributed by atoms with Crippen molar-refractivity contribution in [2.75, 3.05) is 26.2 Å². The zero-order valence-electron chi connectivity index (χ0n) is 15.2. The number of amides is 1. The summed E-state index contributed by atoms with van der Waals surface area (Å²) in [6, 6.07) is 14.5. The zero-order valence-corrected chi connectivity index (χ0v) is 15.2. The molecule has 2 aromatic rings. The van der Waals surface area contributed by atoms with Gasteiger partial charge in [0.15, 0.2) is 0 Å². The Bertz CT molecular complexity index is 776. The van der Waals surface area contributed by atoms with Gasteiger partial charge in [0.25, 0.3) is 0 Å². The highest BCUT2D eigenvalue weighted by Gasteiger charge is 2.27. The van der Waals surface area contributed by atoms with E-state index in [1.807, 2.05) is 41.0 Å². The van der Waals surface area contributed by atoms with Crippen LogP contribution in [-0.2, 0) is 16.0 Å². The van der Waals surface area contributed by atoms with Gasteiger partial charge in [0.1, 0.15) is 0 Å². The highest BCUT2D eigenvalue weighted by atomic mass is 16.4. The van der Waals surface area contributed by atoms with Gasteiger partial charge in [-0.3, -0.25) is 14.5 Å². The van der Waals surface area contributed by atoms with E-state index < -0.39 is 5.97 Å². The average molecular weight is 354 g/mol. The summed E-state index contributed by atoms with van der Waals surface area (Å²) in [4.78, 5) is 27.7. The van der Waals surface area contributed by atoms with Gasteiger partial charge in [-0.25, -0.2) is 0 Å². The fraction of sp³-hybridized carbons (Fsp3) is 0.429. The number of rotatable bonds is 6. The summed E-state index contributed by atoms with van der Waals surface area (Å²) in [6.45, 7) is 4.18. The highest BCUT2D eigenvalue weighted by molar-refractivity contribution is 5.90. The topological polar surface area (TPSA) is 60.9 Å². The molecule has 0 atom stereocenters. The van der Waals surface area contributed by atoms with Gasteiger partial charge in [0.05, 0.1) is 13.0 Å². The fourth-order valence-corrected chi connectivity index (χ4v) is 3.87. The molecule has 3 rings (SSSR count). The van der Waals surface area contributed by atoms with Crippen LogP contribution in [0.4, 0.5) is 0 Å². The molecule has 5 nitrogen and oxygen atoms in total. The van der Waals surface area contributed by atoms with E-state index >= 15 is 0 Å². The Labute approximate surface area is 154 Å². The molecule has 0 aromatic heterocycles. The van der Waals surface area contributed by atoms with E-state index in [0.717, 1.165) is 35.7 Å². The fourth-order valence-electron chi connectivity index (χ4n) is 3.87. The van der Waals surface area contributed by atoms with Crippen LogP contribution in [-0.4, -0.2) is 59.0 Å². The van der Waals surface area contributed by atoms with Gasteiger partial charge >= 0.3 is 5.97 Å². The number of likely N-dealkylation sites (tertiary alicyclic amines) is 1. The van der Waals surface area contributed by atoms with Crippen molar-refractivity contribution in [3.63, 3.8) is 0 Å². The van der Waals surface area contributed by atoms with Crippen LogP contribution >= 0.6 is 0 Å². The van der Waals surface area contributed by atoms with Crippen LogP contribution < -0.4 is 0 Å². The lowest BCUT2D eigenvalue weighted by Gasteiger charge is -2.37. The molecule has 0 bridgehead atoms. The smallest absolute Gasteiger partial charge is 0.317 e. The summed E-state index contributed by atoms with van der Waals surface area (Å²) >= 11 is 0. The van der Waals surface area contributed by atoms with Crippen LogP contribution in [0.2, 0.25) is 0 Å². The second-order valence-corrected chi connectivity index (χ2v) is 6.88. The van der Waals surface area contributed by atoms with Crippen molar-refractivity contribution in [2.45, 2.75) is 32.2 Å². The minimum atomic E-state index is -0.790. The number of hydrogen-bond donors (Lipinski definition) is 1. The Morgan fingerprint density at radius 3 is 2.50 bits per heavy atom. The highest BCUT2D eigenvalue weighted by Crippen LogP contribution is 2.21. The van der Waals surface area contributed by atoms with Crippen molar-refractivity contribution >= 4 is 22.6 Å². The molecule has 1 amide bonds. The van der Waals surface area contributed by atoms with E-state index in [1.54, 1.807) is 0 Å². The first-order valence-corrected chi connectivity index (χ1v) is 9.28. The monoisotopic (exact) mass is 354 g/mol. The summed E-state index contributed by atoms with van der Waals surface area (Å²) < 4.78 is 0. The first-order chi connectivity index (χ1) is 12.6. The van der Waals surface area contributed by atoms with Gasteiger partial charge in [-0.2, -0.15) is 0 Å². The molecule has 138 valence electrons. The van der Waals surface area contributed by atoms with Crippen molar-refractivity contribution in [3.05, 3.63) is 48.0 Å². The first-order valence-electron chi connectivity index (χ1n) is 9.28. The molecule has 0 saturated carbocycles. The van der Waals surface area contributed by atoms with Gasteiger partial charge in [-0.15, -0.1) is 0 Å². The third-order valence-corrected chi connectivity index (χ3v) is 5.30. The average Bonchev–Trinajstić information content (AvgIpc) is 2.66. The molecule has 1 heterocycles. The van der Waals surface area contributed by atoms with Gasteiger partial charge in [-0.05, 0) is 35.7 Å². The van der Waals surface area contributed by atoms with Crippen molar-refractivity contribution in [3.8, 4) is 0 Å². The predicted molar refractivity (Wildman–Crippen MR) is 102 cm³/mol. The Morgan fingerprint density at radius 1 is 1.12 bits per heavy atom. The molecular formula is C21H26N2O3. The van der Waals surface area contributed by atoms with E-state index in [4.69, 9.17) is 5.11 Å². The molecule has 0 radical (unpaired) electrons. The molecule has 1 aliphatic heterocycles. The molecule has 1 N–H and O–H groups in total. The quantitative estimate of drug-likeness (QED) is 0.867. The Morgan fingerprint density at radius 2 is 1.81 bits per heavy atom. The van der Waals surface area contributed by atoms with Crippen LogP contribution in [0, 0.1) is 0 Å². The van der Waals surface area contributed by atoms with E-state index in [2.05, 4.69) is 18.2 Å². The molecule has 5 heteroatoms. The number of carbonyl (C=O) groups excluding carboxylic acids is 1. The number of carboxylic acids is 1. The third kappa shape index (κ3) is 4.22. The lowest BCUT2D eigenvalue weighted by molar-refractivity contribution is -0.140. The van der Waals surface area contributed by atoms with Gasteiger partial charge in [-0.1, -0.05) is 49.4 Å². The van der Waals surface area contributed by atoms with Crippen LogP contribution in [0.25, 0.3) is 10.8 Å². The summed E-state index contributed by atoms with van der Waals surface area (Å²) in [5, 5.41) is 11.3. The molecule has 2 aromatic carbocycles. The number of likely N-dealkylation sites (N-methyl/N-ethyl adjacent to an activating group) is 1. The number of benzene rings is 2. The number of aliphatic carboxylic acids is 1. The number of nitrogens with zero attached hydrogens (tertiary/aromatic N) is 2. The molecule has 1 fully saturated rings. The largest absolute Gasteiger partial charge is 0.480 e. The minimum absolute atomic E-state index is 0.0745. The second kappa shape index (κ2) is 8.32. The number of hydrogen-bond acceptors (Lipinski definition) is 3. The maximum atomic E-state index is 12.8. The van der Waals surface area contributed by atoms with E-state index in [-0.39, 0.29) is 18.5 Å². The van der Waals surface area contributed by atoms with Crippen LogP contribution in [0.3, 0.4) is 0 Å². The lowest BCUT2D eigenvalue weighted by Crippen LogP contribution is -2.48. The number of carboxylic acid groups (broad SMARTS) is 1. The van der Waals surface area contributed by atoms with Crippen molar-refractivity contribution in [1.82, 2.24) is 9.80 Å². The SMILES string of the molecule is CCN(CC(=O)O)C1CCN(C(=O)Cc2cccc3ccccc23)CC1. The second-order valence-electron chi connectivity index (χ2n) is 6.88. The molecule has 0 unspecified atom stereocenters. The summed E-state index contributed by atoms with van der Waals surface area (Å²) in [5.41, 5.74) is 1.07. The predicted octanol–water partition coefficient (Wildman–Crippen LogP) is 2.78. The standard InChI is InChI=1S/C21H26N2O3/c1-2-22(15-21(25)26)18-10-12-23(13-11-18)20(24)14-17-8-5-7-16-6-3-4-9-19(16)17/h3-9,18H,2,10-15H2,1H3,(H,25,26). The summed E-state index contributed by atoms with van der Waals surface area (Å²) in [7, 11) is 0. The van der Waals surface area contributed by atoms with E-state index in [0.29, 0.717) is 19.5 Å². The van der Waals surface area contributed by atoms with Gasteiger partial charge in [0, 0.05) is 19.1 Å². The zero-order chi connectivity index (χ0) is 18.5. The lowest BCUT2D eigenvalue weighted by atomic mass is 9.99. The van der Waals surface area contributed by atoms with Gasteiger partial charge in [0.2, 0.25) is 5.91 Å². The molecule has 0 aliphatic carbocycles. The van der Waals surface area contributed by atoms with Crippen molar-refractivity contribution < 1.29 is 14.7 Å². The van der Waals surface area contributed by atoms with Crippen LogP contribution in [0.5, 0.6) is 0 Å². The Kier molecular flexibility index (Phi) is 5.89. The normalized spacial score (nSPS) is 15.5. The maximum Gasteiger partial charge on any atom is 0.317 e. The molecule has 26 heavy (non-hydrogen) atoms. The number of fused-ring (bicyclic) bond motifs is 1. The van der Waals surface area contributed by atoms with Gasteiger partial charge < -0.3 is 10.0 Å². The van der Waals surface area contributed by atoms with E-state index in [9.17, 15) is 9.59 Å². The number of piperidine rings is 1. The van der Waals surface area contributed by atoms with Crippen molar-refractivity contribution in [1.29, 1.82) is 0 Å². The molecule has 1 aliphatic rings.